The van der Waals surface area contributed by atoms with Crippen LogP contribution in [0.4, 0.5) is 0 Å². The summed E-state index contributed by atoms with van der Waals surface area (Å²) in [5.74, 6) is 0.857. The Morgan fingerprint density at radius 1 is 1.20 bits per heavy atom. The van der Waals surface area contributed by atoms with Crippen molar-refractivity contribution in [1.82, 2.24) is 0 Å². The zero-order chi connectivity index (χ0) is 10.5. The molecule has 1 unspecified atom stereocenters. The molecule has 0 radical (unpaired) electrons. The molecule has 1 atom stereocenters. The highest BCUT2D eigenvalue weighted by Gasteiger charge is 2.17. The first kappa shape index (κ1) is 11.2. The Balaban J connectivity index is 1.85. The molecule has 1 fully saturated rings. The van der Waals surface area contributed by atoms with Crippen molar-refractivity contribution in [2.75, 3.05) is 13.2 Å². The Morgan fingerprint density at radius 3 is 2.80 bits per heavy atom. The Hall–Kier alpha value is -0.340. The molecule has 0 bridgehead atoms. The van der Waals surface area contributed by atoms with E-state index >= 15 is 0 Å². The third kappa shape index (κ3) is 3.62. The van der Waals surface area contributed by atoms with Crippen LogP contribution in [0.5, 0.6) is 0 Å². The summed E-state index contributed by atoms with van der Waals surface area (Å²) in [6.45, 7) is 1.92. The first-order valence-corrected chi connectivity index (χ1v) is 6.37. The summed E-state index contributed by atoms with van der Waals surface area (Å²) in [6.07, 6.45) is 11.2. The van der Waals surface area contributed by atoms with Crippen LogP contribution in [0, 0.1) is 5.92 Å². The van der Waals surface area contributed by atoms with Crippen LogP contribution in [0.3, 0.4) is 0 Å². The molecule has 1 aliphatic heterocycles. The highest BCUT2D eigenvalue weighted by atomic mass is 16.5. The van der Waals surface area contributed by atoms with Crippen molar-refractivity contribution in [3.05, 3.63) is 11.6 Å². The predicted molar refractivity (Wildman–Crippen MR) is 62.7 cm³/mol. The molecule has 0 saturated carbocycles. The molecular formula is C13H23NO. The average molecular weight is 209 g/mol. The Labute approximate surface area is 92.9 Å². The van der Waals surface area contributed by atoms with Crippen molar-refractivity contribution in [2.45, 2.75) is 51.0 Å². The molecular weight excluding hydrogens is 186 g/mol. The van der Waals surface area contributed by atoms with E-state index in [-0.39, 0.29) is 0 Å². The maximum atomic E-state index is 6.03. The summed E-state index contributed by atoms with van der Waals surface area (Å²) < 4.78 is 5.39. The Bertz CT molecular complexity index is 219. The van der Waals surface area contributed by atoms with Gasteiger partial charge in [-0.1, -0.05) is 18.1 Å². The van der Waals surface area contributed by atoms with E-state index in [1.807, 2.05) is 0 Å². The molecule has 86 valence electrons. The second-order valence-electron chi connectivity index (χ2n) is 4.99. The van der Waals surface area contributed by atoms with Gasteiger partial charge in [-0.3, -0.25) is 0 Å². The van der Waals surface area contributed by atoms with E-state index in [1.165, 1.54) is 44.9 Å². The molecule has 2 N–H and O–H groups in total. The molecule has 1 heterocycles. The lowest BCUT2D eigenvalue weighted by Crippen LogP contribution is -2.18. The summed E-state index contributed by atoms with van der Waals surface area (Å²) in [7, 11) is 0. The molecule has 2 aliphatic rings. The van der Waals surface area contributed by atoms with E-state index < -0.39 is 0 Å². The van der Waals surface area contributed by atoms with Crippen LogP contribution in [0.2, 0.25) is 0 Å². The minimum atomic E-state index is 0.322. The van der Waals surface area contributed by atoms with Crippen LogP contribution in [0.1, 0.15) is 44.9 Å². The fourth-order valence-corrected chi connectivity index (χ4v) is 2.69. The normalized spacial score (nSPS) is 29.7. The number of ether oxygens (including phenoxy) is 1. The highest BCUT2D eigenvalue weighted by molar-refractivity contribution is 5.09. The minimum absolute atomic E-state index is 0.322. The smallest absolute Gasteiger partial charge is 0.0468 e. The summed E-state index contributed by atoms with van der Waals surface area (Å²) in [5.41, 5.74) is 7.65. The quantitative estimate of drug-likeness (QED) is 0.710. The zero-order valence-electron chi connectivity index (χ0n) is 9.58. The maximum Gasteiger partial charge on any atom is 0.0468 e. The van der Waals surface area contributed by atoms with Crippen LogP contribution in [-0.2, 0) is 4.74 Å². The monoisotopic (exact) mass is 209 g/mol. The van der Waals surface area contributed by atoms with Crippen molar-refractivity contribution < 1.29 is 4.74 Å². The average Bonchev–Trinajstić information content (AvgIpc) is 2.44. The molecule has 2 heteroatoms. The summed E-state index contributed by atoms with van der Waals surface area (Å²) in [4.78, 5) is 0. The zero-order valence-corrected chi connectivity index (χ0v) is 9.58. The van der Waals surface area contributed by atoms with Crippen LogP contribution >= 0.6 is 0 Å². The number of hydrogen-bond acceptors (Lipinski definition) is 2. The molecule has 2 nitrogen and oxygen atoms in total. The van der Waals surface area contributed by atoms with Gasteiger partial charge in [-0.25, -0.2) is 0 Å². The molecule has 0 spiro atoms. The molecule has 1 aliphatic carbocycles. The lowest BCUT2D eigenvalue weighted by atomic mass is 9.90. The van der Waals surface area contributed by atoms with Gasteiger partial charge in [0.25, 0.3) is 0 Å². The first-order chi connectivity index (χ1) is 7.34. The topological polar surface area (TPSA) is 35.2 Å². The second-order valence-corrected chi connectivity index (χ2v) is 4.99. The van der Waals surface area contributed by atoms with Crippen molar-refractivity contribution >= 4 is 0 Å². The van der Waals surface area contributed by atoms with Crippen molar-refractivity contribution in [3.8, 4) is 0 Å². The molecule has 0 amide bonds. The van der Waals surface area contributed by atoms with Crippen molar-refractivity contribution in [1.29, 1.82) is 0 Å². The molecule has 0 aromatic rings. The number of nitrogens with two attached hydrogens (primary N) is 1. The van der Waals surface area contributed by atoms with Gasteiger partial charge in [0.2, 0.25) is 0 Å². The predicted octanol–water partition coefficient (Wildman–Crippen LogP) is 2.63. The standard InChI is InChI=1S/C13H23NO/c14-13-4-2-1-3-12(10-13)9-11-5-7-15-8-6-11/h10-11,13H,1-9,14H2. The third-order valence-electron chi connectivity index (χ3n) is 3.63. The Morgan fingerprint density at radius 2 is 2.00 bits per heavy atom. The number of allylic oxidation sites excluding steroid dienone is 1. The van der Waals surface area contributed by atoms with E-state index in [0.29, 0.717) is 6.04 Å². The third-order valence-corrected chi connectivity index (χ3v) is 3.63. The lowest BCUT2D eigenvalue weighted by molar-refractivity contribution is 0.0663. The molecule has 2 rings (SSSR count). The van der Waals surface area contributed by atoms with Crippen LogP contribution in [0.25, 0.3) is 0 Å². The Kier molecular flexibility index (Phi) is 4.21. The maximum absolute atomic E-state index is 6.03. The van der Waals surface area contributed by atoms with Gasteiger partial charge >= 0.3 is 0 Å². The minimum Gasteiger partial charge on any atom is -0.381 e. The molecule has 0 aromatic carbocycles. The highest BCUT2D eigenvalue weighted by Crippen LogP contribution is 2.27. The summed E-state index contributed by atoms with van der Waals surface area (Å²) in [6, 6.07) is 0.322. The van der Waals surface area contributed by atoms with Gasteiger partial charge < -0.3 is 10.5 Å². The molecule has 0 aromatic heterocycles. The van der Waals surface area contributed by atoms with Gasteiger partial charge in [0.05, 0.1) is 0 Å². The summed E-state index contributed by atoms with van der Waals surface area (Å²) in [5, 5.41) is 0. The van der Waals surface area contributed by atoms with Gasteiger partial charge in [0.15, 0.2) is 0 Å². The van der Waals surface area contributed by atoms with E-state index in [4.69, 9.17) is 10.5 Å². The molecule has 15 heavy (non-hydrogen) atoms. The van der Waals surface area contributed by atoms with Gasteiger partial charge in [0.1, 0.15) is 0 Å². The van der Waals surface area contributed by atoms with Crippen LogP contribution in [-0.4, -0.2) is 19.3 Å². The van der Waals surface area contributed by atoms with Crippen LogP contribution in [0.15, 0.2) is 11.6 Å². The van der Waals surface area contributed by atoms with Gasteiger partial charge in [-0.2, -0.15) is 0 Å². The van der Waals surface area contributed by atoms with E-state index in [2.05, 4.69) is 6.08 Å². The molecule has 1 saturated heterocycles. The number of rotatable bonds is 2. The van der Waals surface area contributed by atoms with Crippen LogP contribution < -0.4 is 5.73 Å². The summed E-state index contributed by atoms with van der Waals surface area (Å²) >= 11 is 0. The van der Waals surface area contributed by atoms with E-state index in [1.54, 1.807) is 5.57 Å². The fourth-order valence-electron chi connectivity index (χ4n) is 2.69. The fraction of sp³-hybridized carbons (Fsp3) is 0.846. The lowest BCUT2D eigenvalue weighted by Gasteiger charge is -2.23. The van der Waals surface area contributed by atoms with Crippen molar-refractivity contribution in [3.63, 3.8) is 0 Å². The number of hydrogen-bond donors (Lipinski definition) is 1. The van der Waals surface area contributed by atoms with Gasteiger partial charge in [-0.05, 0) is 44.4 Å². The van der Waals surface area contributed by atoms with Crippen molar-refractivity contribution in [2.24, 2.45) is 11.7 Å². The van der Waals surface area contributed by atoms with Gasteiger partial charge in [-0.15, -0.1) is 0 Å². The SMILES string of the molecule is NC1C=C(CC2CCOCC2)CCCC1. The van der Waals surface area contributed by atoms with E-state index in [0.717, 1.165) is 19.1 Å². The van der Waals surface area contributed by atoms with Gasteiger partial charge in [0, 0.05) is 19.3 Å². The van der Waals surface area contributed by atoms with E-state index in [9.17, 15) is 0 Å². The largest absolute Gasteiger partial charge is 0.381 e. The first-order valence-electron chi connectivity index (χ1n) is 6.37. The second kappa shape index (κ2) is 5.66.